The van der Waals surface area contributed by atoms with E-state index in [0.29, 0.717) is 13.1 Å². The molecule has 0 saturated carbocycles. The first-order valence-electron chi connectivity index (χ1n) is 8.87. The lowest BCUT2D eigenvalue weighted by Crippen LogP contribution is -2.35. The van der Waals surface area contributed by atoms with Gasteiger partial charge < -0.3 is 15.2 Å². The Labute approximate surface area is 154 Å². The van der Waals surface area contributed by atoms with Crippen molar-refractivity contribution in [2.75, 3.05) is 0 Å². The fraction of sp³-hybridized carbons (Fsp3) is 0.227. The van der Waals surface area contributed by atoms with Crippen molar-refractivity contribution >= 4 is 6.03 Å². The van der Waals surface area contributed by atoms with Gasteiger partial charge in [-0.1, -0.05) is 59.7 Å². The summed E-state index contributed by atoms with van der Waals surface area (Å²) in [6.45, 7) is 5.97. The molecule has 4 heteroatoms. The zero-order valence-electron chi connectivity index (χ0n) is 15.3. The first kappa shape index (κ1) is 17.8. The number of carbonyl (C=O) groups excluding carboxylic acids is 1. The topological polar surface area (TPSA) is 46.1 Å². The van der Waals surface area contributed by atoms with Crippen molar-refractivity contribution < 1.29 is 4.79 Å². The van der Waals surface area contributed by atoms with Crippen molar-refractivity contribution in [2.24, 2.45) is 0 Å². The van der Waals surface area contributed by atoms with Crippen molar-refractivity contribution in [1.29, 1.82) is 0 Å². The maximum Gasteiger partial charge on any atom is 0.315 e. The van der Waals surface area contributed by atoms with E-state index >= 15 is 0 Å². The third-order valence-electron chi connectivity index (χ3n) is 4.36. The summed E-state index contributed by atoms with van der Waals surface area (Å²) in [7, 11) is 0. The quantitative estimate of drug-likeness (QED) is 0.691. The van der Waals surface area contributed by atoms with Crippen LogP contribution in [-0.2, 0) is 19.6 Å². The fourth-order valence-corrected chi connectivity index (χ4v) is 2.89. The van der Waals surface area contributed by atoms with Gasteiger partial charge in [-0.15, -0.1) is 0 Å². The van der Waals surface area contributed by atoms with E-state index in [2.05, 4.69) is 53.3 Å². The second-order valence-corrected chi connectivity index (χ2v) is 6.64. The van der Waals surface area contributed by atoms with E-state index in [-0.39, 0.29) is 6.03 Å². The Balaban J connectivity index is 1.51. The fourth-order valence-electron chi connectivity index (χ4n) is 2.89. The number of rotatable bonds is 6. The monoisotopic (exact) mass is 347 g/mol. The van der Waals surface area contributed by atoms with E-state index in [1.165, 1.54) is 16.7 Å². The third-order valence-corrected chi connectivity index (χ3v) is 4.36. The first-order chi connectivity index (χ1) is 12.6. The van der Waals surface area contributed by atoms with E-state index in [1.54, 1.807) is 0 Å². The SMILES string of the molecule is Cc1ccc(CNC(=O)NCc2cccn2Cc2cccc(C)c2)cc1. The van der Waals surface area contributed by atoms with Gasteiger partial charge in [-0.25, -0.2) is 4.79 Å². The summed E-state index contributed by atoms with van der Waals surface area (Å²) < 4.78 is 2.16. The number of carbonyl (C=O) groups is 1. The van der Waals surface area contributed by atoms with Crippen molar-refractivity contribution in [3.63, 3.8) is 0 Å². The number of aromatic nitrogens is 1. The highest BCUT2D eigenvalue weighted by Gasteiger charge is 2.05. The standard InChI is InChI=1S/C22H25N3O/c1-17-8-10-19(11-9-17)14-23-22(26)24-15-21-7-4-12-25(21)16-20-6-3-5-18(2)13-20/h3-13H,14-16H2,1-2H3,(H2,23,24,26). The molecular weight excluding hydrogens is 322 g/mol. The summed E-state index contributed by atoms with van der Waals surface area (Å²) in [4.78, 5) is 12.1. The summed E-state index contributed by atoms with van der Waals surface area (Å²) in [5.74, 6) is 0. The van der Waals surface area contributed by atoms with E-state index < -0.39 is 0 Å². The molecule has 2 aromatic carbocycles. The van der Waals surface area contributed by atoms with Gasteiger partial charge in [0, 0.05) is 25.0 Å². The second-order valence-electron chi connectivity index (χ2n) is 6.64. The minimum atomic E-state index is -0.158. The zero-order chi connectivity index (χ0) is 18.4. The van der Waals surface area contributed by atoms with Gasteiger partial charge in [-0.2, -0.15) is 0 Å². The predicted molar refractivity (Wildman–Crippen MR) is 105 cm³/mol. The molecule has 0 fully saturated rings. The smallest absolute Gasteiger partial charge is 0.315 e. The average molecular weight is 347 g/mol. The molecule has 26 heavy (non-hydrogen) atoms. The van der Waals surface area contributed by atoms with Crippen LogP contribution in [0.25, 0.3) is 0 Å². The van der Waals surface area contributed by atoms with Crippen LogP contribution in [0.1, 0.15) is 27.9 Å². The number of hydrogen-bond donors (Lipinski definition) is 2. The minimum absolute atomic E-state index is 0.158. The Kier molecular flexibility index (Phi) is 5.74. The highest BCUT2D eigenvalue weighted by Crippen LogP contribution is 2.10. The van der Waals surface area contributed by atoms with E-state index in [9.17, 15) is 4.79 Å². The number of amides is 2. The maximum atomic E-state index is 12.1. The number of nitrogens with zero attached hydrogens (tertiary/aromatic N) is 1. The average Bonchev–Trinajstić information content (AvgIpc) is 3.06. The molecule has 0 saturated heterocycles. The maximum absolute atomic E-state index is 12.1. The van der Waals surface area contributed by atoms with E-state index in [0.717, 1.165) is 17.8 Å². The molecule has 1 heterocycles. The van der Waals surface area contributed by atoms with Crippen LogP contribution in [0.3, 0.4) is 0 Å². The lowest BCUT2D eigenvalue weighted by atomic mass is 10.1. The van der Waals surface area contributed by atoms with Gasteiger partial charge in [-0.05, 0) is 37.1 Å². The molecule has 0 unspecified atom stereocenters. The summed E-state index contributed by atoms with van der Waals surface area (Å²) >= 11 is 0. The van der Waals surface area contributed by atoms with Gasteiger partial charge in [0.25, 0.3) is 0 Å². The van der Waals surface area contributed by atoms with Crippen LogP contribution in [-0.4, -0.2) is 10.6 Å². The van der Waals surface area contributed by atoms with Gasteiger partial charge >= 0.3 is 6.03 Å². The molecule has 0 aliphatic carbocycles. The van der Waals surface area contributed by atoms with Crippen LogP contribution < -0.4 is 10.6 Å². The highest BCUT2D eigenvalue weighted by molar-refractivity contribution is 5.73. The minimum Gasteiger partial charge on any atom is -0.345 e. The zero-order valence-corrected chi connectivity index (χ0v) is 15.3. The molecule has 1 aromatic heterocycles. The first-order valence-corrected chi connectivity index (χ1v) is 8.87. The molecule has 0 aliphatic rings. The van der Waals surface area contributed by atoms with Crippen molar-refractivity contribution in [1.82, 2.24) is 15.2 Å². The summed E-state index contributed by atoms with van der Waals surface area (Å²) in [5, 5.41) is 5.83. The molecule has 2 N–H and O–H groups in total. The number of urea groups is 1. The number of aryl methyl sites for hydroxylation is 2. The van der Waals surface area contributed by atoms with Gasteiger partial charge in [0.15, 0.2) is 0 Å². The second kappa shape index (κ2) is 8.39. The molecule has 3 aromatic rings. The lowest BCUT2D eigenvalue weighted by Gasteiger charge is -2.12. The number of nitrogens with one attached hydrogen (secondary N) is 2. The third kappa shape index (κ3) is 4.99. The molecule has 0 spiro atoms. The summed E-state index contributed by atoms with van der Waals surface area (Å²) in [5.41, 5.74) is 5.90. The highest BCUT2D eigenvalue weighted by atomic mass is 16.2. The number of hydrogen-bond acceptors (Lipinski definition) is 1. The largest absolute Gasteiger partial charge is 0.345 e. The van der Waals surface area contributed by atoms with Crippen LogP contribution in [0.2, 0.25) is 0 Å². The predicted octanol–water partition coefficient (Wildman–Crippen LogP) is 4.15. The molecular formula is C22H25N3O. The molecule has 0 bridgehead atoms. The molecule has 4 nitrogen and oxygen atoms in total. The van der Waals surface area contributed by atoms with Crippen molar-refractivity contribution in [2.45, 2.75) is 33.5 Å². The van der Waals surface area contributed by atoms with Crippen LogP contribution >= 0.6 is 0 Å². The van der Waals surface area contributed by atoms with Crippen LogP contribution in [0, 0.1) is 13.8 Å². The van der Waals surface area contributed by atoms with Crippen LogP contribution in [0.5, 0.6) is 0 Å². The Bertz CT molecular complexity index is 865. The summed E-state index contributed by atoms with van der Waals surface area (Å²) in [6, 6.07) is 20.5. The normalized spacial score (nSPS) is 10.5. The van der Waals surface area contributed by atoms with Crippen LogP contribution in [0.15, 0.2) is 66.9 Å². The Hall–Kier alpha value is -3.01. The molecule has 2 amide bonds. The molecule has 0 aliphatic heterocycles. The summed E-state index contributed by atoms with van der Waals surface area (Å²) in [6.07, 6.45) is 2.05. The van der Waals surface area contributed by atoms with Crippen LogP contribution in [0.4, 0.5) is 4.79 Å². The molecule has 0 atom stereocenters. The van der Waals surface area contributed by atoms with Crippen molar-refractivity contribution in [3.8, 4) is 0 Å². The lowest BCUT2D eigenvalue weighted by molar-refractivity contribution is 0.240. The molecule has 3 rings (SSSR count). The van der Waals surface area contributed by atoms with E-state index in [1.807, 2.05) is 42.6 Å². The van der Waals surface area contributed by atoms with E-state index in [4.69, 9.17) is 0 Å². The van der Waals surface area contributed by atoms with Gasteiger partial charge in [0.05, 0.1) is 6.54 Å². The number of benzene rings is 2. The molecule has 134 valence electrons. The Morgan fingerprint density at radius 1 is 0.846 bits per heavy atom. The van der Waals surface area contributed by atoms with Crippen molar-refractivity contribution in [3.05, 3.63) is 94.8 Å². The Morgan fingerprint density at radius 2 is 1.62 bits per heavy atom. The van der Waals surface area contributed by atoms with Gasteiger partial charge in [0.1, 0.15) is 0 Å². The van der Waals surface area contributed by atoms with Gasteiger partial charge in [-0.3, -0.25) is 0 Å². The van der Waals surface area contributed by atoms with Gasteiger partial charge in [0.2, 0.25) is 0 Å². The molecule has 0 radical (unpaired) electrons. The Morgan fingerprint density at radius 3 is 2.38 bits per heavy atom.